The summed E-state index contributed by atoms with van der Waals surface area (Å²) >= 11 is 0. The van der Waals surface area contributed by atoms with Crippen LogP contribution in [0.5, 0.6) is 5.75 Å². The summed E-state index contributed by atoms with van der Waals surface area (Å²) < 4.78 is 5.84. The number of ether oxygens (including phenoxy) is 1. The maximum absolute atomic E-state index is 10.7. The summed E-state index contributed by atoms with van der Waals surface area (Å²) in [6.45, 7) is 3.76. The van der Waals surface area contributed by atoms with E-state index in [0.717, 1.165) is 11.1 Å². The van der Waals surface area contributed by atoms with Crippen molar-refractivity contribution in [3.05, 3.63) is 69.8 Å². The molecule has 0 amide bonds. The van der Waals surface area contributed by atoms with E-state index in [9.17, 15) is 10.1 Å². The van der Waals surface area contributed by atoms with Crippen molar-refractivity contribution in [1.29, 1.82) is 0 Å². The molecule has 2 aromatic rings. The third-order valence-corrected chi connectivity index (χ3v) is 2.94. The average molecular weight is 257 g/mol. The SMILES string of the molecule is Cc1cc([N+](=O)[O-])ccc1OC(C)c1ccccc1. The fraction of sp³-hybridized carbons (Fsp3) is 0.200. The van der Waals surface area contributed by atoms with Gasteiger partial charge in [0.15, 0.2) is 0 Å². The van der Waals surface area contributed by atoms with Crippen LogP contribution in [-0.2, 0) is 0 Å². The van der Waals surface area contributed by atoms with Crippen LogP contribution in [0.1, 0.15) is 24.2 Å². The second-order valence-corrected chi connectivity index (χ2v) is 4.38. The molecule has 0 heterocycles. The van der Waals surface area contributed by atoms with Gasteiger partial charge in [-0.05, 0) is 31.0 Å². The summed E-state index contributed by atoms with van der Waals surface area (Å²) in [5, 5.41) is 10.7. The minimum atomic E-state index is -0.405. The van der Waals surface area contributed by atoms with Gasteiger partial charge in [0.25, 0.3) is 5.69 Å². The molecule has 0 bridgehead atoms. The Hall–Kier alpha value is -2.36. The maximum Gasteiger partial charge on any atom is 0.269 e. The van der Waals surface area contributed by atoms with E-state index >= 15 is 0 Å². The van der Waals surface area contributed by atoms with Crippen molar-refractivity contribution in [3.8, 4) is 5.75 Å². The van der Waals surface area contributed by atoms with Gasteiger partial charge in [-0.15, -0.1) is 0 Å². The van der Waals surface area contributed by atoms with Crippen LogP contribution in [0.2, 0.25) is 0 Å². The van der Waals surface area contributed by atoms with Crippen LogP contribution in [0.3, 0.4) is 0 Å². The molecule has 2 rings (SSSR count). The highest BCUT2D eigenvalue weighted by atomic mass is 16.6. The van der Waals surface area contributed by atoms with Gasteiger partial charge in [0.05, 0.1) is 4.92 Å². The number of nitrogens with zero attached hydrogens (tertiary/aromatic N) is 1. The van der Waals surface area contributed by atoms with Crippen LogP contribution in [0.15, 0.2) is 48.5 Å². The first-order valence-corrected chi connectivity index (χ1v) is 6.04. The molecule has 0 radical (unpaired) electrons. The third kappa shape index (κ3) is 3.10. The van der Waals surface area contributed by atoms with Crippen molar-refractivity contribution in [2.75, 3.05) is 0 Å². The Morgan fingerprint density at radius 2 is 1.84 bits per heavy atom. The Balaban J connectivity index is 2.18. The fourth-order valence-corrected chi connectivity index (χ4v) is 1.86. The van der Waals surface area contributed by atoms with E-state index in [0.29, 0.717) is 5.75 Å². The molecule has 0 aromatic heterocycles. The number of nitro groups is 1. The van der Waals surface area contributed by atoms with Crippen LogP contribution >= 0.6 is 0 Å². The summed E-state index contributed by atoms with van der Waals surface area (Å²) in [6, 6.07) is 14.5. The van der Waals surface area contributed by atoms with Crippen molar-refractivity contribution in [2.45, 2.75) is 20.0 Å². The second-order valence-electron chi connectivity index (χ2n) is 4.38. The lowest BCUT2D eigenvalue weighted by atomic mass is 10.1. The number of benzene rings is 2. The lowest BCUT2D eigenvalue weighted by Crippen LogP contribution is -2.04. The molecular weight excluding hydrogens is 242 g/mol. The Bertz CT molecular complexity index is 581. The summed E-state index contributed by atoms with van der Waals surface area (Å²) in [6.07, 6.45) is -0.0960. The van der Waals surface area contributed by atoms with Gasteiger partial charge in [0.2, 0.25) is 0 Å². The topological polar surface area (TPSA) is 52.4 Å². The molecule has 1 atom stereocenters. The van der Waals surface area contributed by atoms with Gasteiger partial charge < -0.3 is 4.74 Å². The van der Waals surface area contributed by atoms with Gasteiger partial charge in [-0.2, -0.15) is 0 Å². The van der Waals surface area contributed by atoms with E-state index in [1.54, 1.807) is 13.0 Å². The minimum Gasteiger partial charge on any atom is -0.486 e. The molecular formula is C15H15NO3. The molecule has 0 aliphatic carbocycles. The van der Waals surface area contributed by atoms with Crippen LogP contribution in [0, 0.1) is 17.0 Å². The summed E-state index contributed by atoms with van der Waals surface area (Å²) in [5.74, 6) is 0.668. The smallest absolute Gasteiger partial charge is 0.269 e. The molecule has 4 nitrogen and oxygen atoms in total. The maximum atomic E-state index is 10.7. The predicted octanol–water partition coefficient (Wildman–Crippen LogP) is 4.04. The molecule has 4 heteroatoms. The number of hydrogen-bond donors (Lipinski definition) is 0. The summed E-state index contributed by atoms with van der Waals surface area (Å²) in [7, 11) is 0. The number of aryl methyl sites for hydroxylation is 1. The molecule has 0 saturated carbocycles. The fourth-order valence-electron chi connectivity index (χ4n) is 1.86. The molecule has 2 aromatic carbocycles. The summed E-state index contributed by atoms with van der Waals surface area (Å²) in [4.78, 5) is 10.3. The van der Waals surface area contributed by atoms with Gasteiger partial charge in [0, 0.05) is 12.1 Å². The molecule has 0 fully saturated rings. The van der Waals surface area contributed by atoms with Crippen LogP contribution in [0.25, 0.3) is 0 Å². The molecule has 0 saturated heterocycles. The van der Waals surface area contributed by atoms with Crippen molar-refractivity contribution in [3.63, 3.8) is 0 Å². The van der Waals surface area contributed by atoms with Gasteiger partial charge in [-0.3, -0.25) is 10.1 Å². The third-order valence-electron chi connectivity index (χ3n) is 2.94. The van der Waals surface area contributed by atoms with E-state index in [1.807, 2.05) is 37.3 Å². The second kappa shape index (κ2) is 5.52. The van der Waals surface area contributed by atoms with Crippen molar-refractivity contribution < 1.29 is 9.66 Å². The zero-order valence-corrected chi connectivity index (χ0v) is 10.9. The zero-order valence-electron chi connectivity index (χ0n) is 10.9. The van der Waals surface area contributed by atoms with Crippen LogP contribution in [-0.4, -0.2) is 4.92 Å². The van der Waals surface area contributed by atoms with Crippen molar-refractivity contribution >= 4 is 5.69 Å². The average Bonchev–Trinajstić information content (AvgIpc) is 2.41. The number of nitro benzene ring substituents is 1. The van der Waals surface area contributed by atoms with Gasteiger partial charge >= 0.3 is 0 Å². The Kier molecular flexibility index (Phi) is 3.80. The molecule has 19 heavy (non-hydrogen) atoms. The lowest BCUT2D eigenvalue weighted by Gasteiger charge is -2.16. The lowest BCUT2D eigenvalue weighted by molar-refractivity contribution is -0.384. The number of hydrogen-bond acceptors (Lipinski definition) is 3. The Morgan fingerprint density at radius 3 is 2.42 bits per heavy atom. The first-order valence-electron chi connectivity index (χ1n) is 6.04. The van der Waals surface area contributed by atoms with E-state index in [2.05, 4.69) is 0 Å². The first kappa shape index (κ1) is 13.1. The standard InChI is InChI=1S/C15H15NO3/c1-11-10-14(16(17)18)8-9-15(11)19-12(2)13-6-4-3-5-7-13/h3-10,12H,1-2H3. The molecule has 0 aliphatic heterocycles. The van der Waals surface area contributed by atoms with E-state index in [1.165, 1.54) is 12.1 Å². The zero-order chi connectivity index (χ0) is 13.8. The quantitative estimate of drug-likeness (QED) is 0.613. The molecule has 0 aliphatic rings. The molecule has 1 unspecified atom stereocenters. The summed E-state index contributed by atoms with van der Waals surface area (Å²) in [5.41, 5.74) is 1.91. The minimum absolute atomic E-state index is 0.0808. The largest absolute Gasteiger partial charge is 0.486 e. The molecule has 0 N–H and O–H groups in total. The van der Waals surface area contributed by atoms with Gasteiger partial charge in [0.1, 0.15) is 11.9 Å². The monoisotopic (exact) mass is 257 g/mol. The van der Waals surface area contributed by atoms with E-state index < -0.39 is 4.92 Å². The van der Waals surface area contributed by atoms with Crippen LogP contribution in [0.4, 0.5) is 5.69 Å². The van der Waals surface area contributed by atoms with E-state index in [4.69, 9.17) is 4.74 Å². The number of non-ortho nitro benzene ring substituents is 1. The van der Waals surface area contributed by atoms with Crippen molar-refractivity contribution in [1.82, 2.24) is 0 Å². The Labute approximate surface area is 111 Å². The number of rotatable bonds is 4. The normalized spacial score (nSPS) is 11.9. The molecule has 0 spiro atoms. The van der Waals surface area contributed by atoms with Crippen molar-refractivity contribution in [2.24, 2.45) is 0 Å². The Morgan fingerprint density at radius 1 is 1.16 bits per heavy atom. The first-order chi connectivity index (χ1) is 9.08. The van der Waals surface area contributed by atoms with Crippen LogP contribution < -0.4 is 4.74 Å². The highest BCUT2D eigenvalue weighted by Gasteiger charge is 2.12. The highest BCUT2D eigenvalue weighted by molar-refractivity contribution is 5.43. The predicted molar refractivity (Wildman–Crippen MR) is 73.3 cm³/mol. The van der Waals surface area contributed by atoms with Gasteiger partial charge in [-0.25, -0.2) is 0 Å². The van der Waals surface area contributed by atoms with E-state index in [-0.39, 0.29) is 11.8 Å². The highest BCUT2D eigenvalue weighted by Crippen LogP contribution is 2.27. The molecule has 98 valence electrons. The van der Waals surface area contributed by atoms with Gasteiger partial charge in [-0.1, -0.05) is 30.3 Å².